The van der Waals surface area contributed by atoms with E-state index in [1.165, 1.54) is 4.90 Å². The molecule has 0 N–H and O–H groups in total. The minimum absolute atomic E-state index is 0. The Morgan fingerprint density at radius 2 is 1.94 bits per heavy atom. The summed E-state index contributed by atoms with van der Waals surface area (Å²) < 4.78 is 41.6. The Kier molecular flexibility index (Phi) is 6.97. The topological polar surface area (TPSA) is 29.5 Å². The fraction of sp³-hybridized carbons (Fsp3) is 0.700. The van der Waals surface area contributed by atoms with Crippen LogP contribution in [0.15, 0.2) is 11.5 Å². The molecule has 1 amide bonds. The Bertz CT molecular complexity index is 339. The largest absolute Gasteiger partial charge is 1.00 e. The Morgan fingerprint density at radius 3 is 2.39 bits per heavy atom. The molecule has 1 heterocycles. The fourth-order valence-electron chi connectivity index (χ4n) is 1.57. The molecule has 0 saturated carbocycles. The minimum Gasteiger partial charge on any atom is -0.445 e. The zero-order valence-corrected chi connectivity index (χ0v) is 14.3. The van der Waals surface area contributed by atoms with Crippen molar-refractivity contribution in [2.24, 2.45) is 0 Å². The number of amides is 1. The molecule has 0 radical (unpaired) electrons. The van der Waals surface area contributed by atoms with E-state index in [1.807, 2.05) is 0 Å². The van der Waals surface area contributed by atoms with E-state index in [1.54, 1.807) is 20.8 Å². The van der Waals surface area contributed by atoms with Gasteiger partial charge in [-0.3, -0.25) is 0 Å². The first-order valence-electron chi connectivity index (χ1n) is 5.45. The maximum absolute atomic E-state index is 12.2. The van der Waals surface area contributed by atoms with Crippen molar-refractivity contribution in [2.75, 3.05) is 13.1 Å². The Labute approximate surface area is 148 Å². The van der Waals surface area contributed by atoms with Crippen LogP contribution in [0.4, 0.5) is 17.7 Å². The van der Waals surface area contributed by atoms with Crippen LogP contribution >= 0.6 is 0 Å². The smallest absolute Gasteiger partial charge is 0.445 e. The zero-order chi connectivity index (χ0) is 13.3. The van der Waals surface area contributed by atoms with Crippen molar-refractivity contribution in [3.05, 3.63) is 11.5 Å². The van der Waals surface area contributed by atoms with Gasteiger partial charge in [0.25, 0.3) is 0 Å². The summed E-state index contributed by atoms with van der Waals surface area (Å²) in [5.74, 6) is 0.324. The predicted octanol–water partition coefficient (Wildman–Crippen LogP) is -0.0558. The molecule has 8 heteroatoms. The van der Waals surface area contributed by atoms with Crippen molar-refractivity contribution in [2.45, 2.75) is 32.8 Å². The summed E-state index contributed by atoms with van der Waals surface area (Å²) >= 11 is 0. The van der Waals surface area contributed by atoms with Crippen LogP contribution in [-0.2, 0) is 4.74 Å². The third-order valence-corrected chi connectivity index (χ3v) is 2.17. The second kappa shape index (κ2) is 6.79. The van der Waals surface area contributed by atoms with Crippen LogP contribution in [0.3, 0.4) is 0 Å². The van der Waals surface area contributed by atoms with Gasteiger partial charge in [0.1, 0.15) is 5.60 Å². The molecular formula is C10H16BF3KNO2. The van der Waals surface area contributed by atoms with E-state index in [0.717, 1.165) is 0 Å². The third-order valence-electron chi connectivity index (χ3n) is 2.17. The number of ether oxygens (including phenoxy) is 1. The van der Waals surface area contributed by atoms with Crippen LogP contribution in [0.5, 0.6) is 0 Å². The van der Waals surface area contributed by atoms with Crippen molar-refractivity contribution >= 4 is 13.1 Å². The summed E-state index contributed by atoms with van der Waals surface area (Å²) in [6.07, 6.45) is -0.295. The third kappa shape index (κ3) is 7.18. The molecule has 0 atom stereocenters. The van der Waals surface area contributed by atoms with Gasteiger partial charge < -0.3 is 22.6 Å². The summed E-state index contributed by atoms with van der Waals surface area (Å²) in [5.41, 5.74) is -0.388. The Balaban J connectivity index is 0.00000289. The summed E-state index contributed by atoms with van der Waals surface area (Å²) in [7, 11) is 0. The van der Waals surface area contributed by atoms with Crippen molar-refractivity contribution in [1.29, 1.82) is 0 Å². The van der Waals surface area contributed by atoms with Crippen molar-refractivity contribution < 1.29 is 73.9 Å². The molecule has 0 spiro atoms. The van der Waals surface area contributed by atoms with Gasteiger partial charge in [-0.05, 0) is 27.2 Å². The van der Waals surface area contributed by atoms with Crippen LogP contribution < -0.4 is 51.4 Å². The van der Waals surface area contributed by atoms with Crippen LogP contribution in [0.25, 0.3) is 0 Å². The number of hydrogen-bond donors (Lipinski definition) is 0. The van der Waals surface area contributed by atoms with E-state index in [9.17, 15) is 17.7 Å². The van der Waals surface area contributed by atoms with Gasteiger partial charge in [-0.2, -0.15) is 0 Å². The number of carbonyl (C=O) groups is 1. The Morgan fingerprint density at radius 1 is 1.39 bits per heavy atom. The van der Waals surface area contributed by atoms with E-state index >= 15 is 0 Å². The van der Waals surface area contributed by atoms with Gasteiger partial charge in [0.05, 0.1) is 0 Å². The van der Waals surface area contributed by atoms with E-state index in [0.29, 0.717) is 5.98 Å². The van der Waals surface area contributed by atoms with Crippen molar-refractivity contribution in [1.82, 2.24) is 4.90 Å². The SMILES string of the molecule is CC(C)(C)OC(=O)N1CC/C(=C/[B-](F)(F)F)C1.[K+]. The van der Waals surface area contributed by atoms with Gasteiger partial charge in [-0.1, -0.05) is 5.57 Å². The first kappa shape index (κ1) is 18.5. The van der Waals surface area contributed by atoms with Crippen molar-refractivity contribution in [3.63, 3.8) is 0 Å². The average Bonchev–Trinajstić information content (AvgIpc) is 2.45. The number of nitrogens with zero attached hydrogens (tertiary/aromatic N) is 1. The van der Waals surface area contributed by atoms with Crippen LogP contribution in [0.1, 0.15) is 27.2 Å². The molecule has 0 aromatic rings. The number of likely N-dealkylation sites (tertiary alicyclic amines) is 1. The van der Waals surface area contributed by atoms with Crippen molar-refractivity contribution in [3.8, 4) is 0 Å². The van der Waals surface area contributed by atoms with E-state index in [2.05, 4.69) is 0 Å². The van der Waals surface area contributed by atoms with Crippen LogP contribution in [0, 0.1) is 0 Å². The molecule has 1 aliphatic rings. The van der Waals surface area contributed by atoms with E-state index in [4.69, 9.17) is 4.74 Å². The molecule has 1 rings (SSSR count). The summed E-state index contributed by atoms with van der Waals surface area (Å²) in [6, 6.07) is 0. The molecule has 0 aromatic carbocycles. The van der Waals surface area contributed by atoms with Gasteiger partial charge >= 0.3 is 64.5 Å². The summed E-state index contributed by atoms with van der Waals surface area (Å²) in [5, 5.41) is 0. The first-order chi connectivity index (χ1) is 7.57. The molecule has 3 nitrogen and oxygen atoms in total. The summed E-state index contributed by atoms with van der Waals surface area (Å²) in [4.78, 5) is 12.9. The molecule has 1 fully saturated rings. The minimum atomic E-state index is -4.93. The summed E-state index contributed by atoms with van der Waals surface area (Å²) in [6.45, 7) is 0.522. The molecule has 1 aliphatic heterocycles. The van der Waals surface area contributed by atoms with E-state index in [-0.39, 0.29) is 76.5 Å². The number of rotatable bonds is 1. The monoisotopic (exact) mass is 289 g/mol. The van der Waals surface area contributed by atoms with Crippen LogP contribution in [0.2, 0.25) is 0 Å². The molecule has 0 bridgehead atoms. The molecule has 98 valence electrons. The second-order valence-electron chi connectivity index (χ2n) is 5.10. The molecule has 1 saturated heterocycles. The fourth-order valence-corrected chi connectivity index (χ4v) is 1.57. The second-order valence-corrected chi connectivity index (χ2v) is 5.10. The standard InChI is InChI=1S/C10H16BF3NO2.K/c1-10(2,3)17-9(16)15-5-4-8(7-15)6-11(12,13)14;/h6H,4-5,7H2,1-3H3;/q-1;+1/b8-6-;. The van der Waals surface area contributed by atoms with E-state index < -0.39 is 18.7 Å². The van der Waals surface area contributed by atoms with Crippen LogP contribution in [-0.4, -0.2) is 36.7 Å². The number of hydrogen-bond acceptors (Lipinski definition) is 2. The maximum Gasteiger partial charge on any atom is 1.00 e. The Hall–Kier alpha value is 0.501. The maximum atomic E-state index is 12.2. The van der Waals surface area contributed by atoms with Gasteiger partial charge in [-0.25, -0.2) is 4.79 Å². The molecule has 0 aliphatic carbocycles. The zero-order valence-electron chi connectivity index (χ0n) is 11.2. The predicted molar refractivity (Wildman–Crippen MR) is 59.6 cm³/mol. The normalized spacial score (nSPS) is 18.8. The average molecular weight is 289 g/mol. The molecule has 0 aromatic heterocycles. The molecule has 0 unspecified atom stereocenters. The van der Waals surface area contributed by atoms with Gasteiger partial charge in [0.15, 0.2) is 0 Å². The molecule has 18 heavy (non-hydrogen) atoms. The first-order valence-corrected chi connectivity index (χ1v) is 5.45. The van der Waals surface area contributed by atoms with Gasteiger partial charge in [0.2, 0.25) is 0 Å². The number of carbonyl (C=O) groups excluding carboxylic acids is 1. The van der Waals surface area contributed by atoms with Gasteiger partial charge in [0, 0.05) is 13.1 Å². The van der Waals surface area contributed by atoms with Gasteiger partial charge in [-0.15, -0.1) is 5.98 Å². The molecular weight excluding hydrogens is 273 g/mol. The quantitative estimate of drug-likeness (QED) is 0.633. The number of halogens is 3.